The molecule has 2 aliphatic carbocycles. The molecule has 6 heteroatoms. The number of carbonyl (C=O) groups is 1. The van der Waals surface area contributed by atoms with E-state index in [9.17, 15) is 4.79 Å². The SMILES string of the molecule is COCO[C@H]1C2=C(C)C(=O)CC2=C(C)CC[C@@]1(COC(c1ccccc1)(c1ccccc1)c1ccccc1)OCc1ccc(OC)cc1. The van der Waals surface area contributed by atoms with Gasteiger partial charge < -0.3 is 23.7 Å². The second-order valence-electron chi connectivity index (χ2n) is 12.6. The van der Waals surface area contributed by atoms with Crippen LogP contribution in [-0.2, 0) is 35.9 Å². The molecular weight excluding hydrogens is 600 g/mol. The molecule has 0 radical (unpaired) electrons. The molecule has 0 bridgehead atoms. The molecule has 2 atom stereocenters. The number of carbonyl (C=O) groups excluding carboxylic acids is 1. The van der Waals surface area contributed by atoms with Gasteiger partial charge in [0.2, 0.25) is 0 Å². The number of Topliss-reactive ketones (excluding diaryl/α,β-unsaturated/α-hetero) is 1. The van der Waals surface area contributed by atoms with Crippen molar-refractivity contribution in [3.05, 3.63) is 160 Å². The van der Waals surface area contributed by atoms with Gasteiger partial charge in [-0.3, -0.25) is 4.79 Å². The zero-order valence-electron chi connectivity index (χ0n) is 28.2. The quantitative estimate of drug-likeness (QED) is 0.108. The van der Waals surface area contributed by atoms with E-state index < -0.39 is 17.3 Å². The van der Waals surface area contributed by atoms with Crippen molar-refractivity contribution in [2.24, 2.45) is 0 Å². The van der Waals surface area contributed by atoms with Crippen LogP contribution in [-0.4, -0.2) is 45.1 Å². The summed E-state index contributed by atoms with van der Waals surface area (Å²) in [4.78, 5) is 13.3. The van der Waals surface area contributed by atoms with E-state index in [1.807, 2.05) is 85.8 Å². The summed E-state index contributed by atoms with van der Waals surface area (Å²) in [6.07, 6.45) is 1.10. The van der Waals surface area contributed by atoms with Crippen molar-refractivity contribution < 1.29 is 28.5 Å². The molecule has 0 saturated heterocycles. The molecule has 248 valence electrons. The van der Waals surface area contributed by atoms with E-state index in [1.165, 1.54) is 5.57 Å². The highest BCUT2D eigenvalue weighted by Crippen LogP contribution is 2.48. The van der Waals surface area contributed by atoms with Gasteiger partial charge in [-0.2, -0.15) is 0 Å². The highest BCUT2D eigenvalue weighted by atomic mass is 16.7. The minimum atomic E-state index is -0.994. The average molecular weight is 645 g/mol. The lowest BCUT2D eigenvalue weighted by Gasteiger charge is -2.44. The van der Waals surface area contributed by atoms with Crippen LogP contribution in [0.5, 0.6) is 5.75 Å². The lowest BCUT2D eigenvalue weighted by atomic mass is 9.79. The van der Waals surface area contributed by atoms with Gasteiger partial charge in [-0.25, -0.2) is 0 Å². The summed E-state index contributed by atoms with van der Waals surface area (Å²) in [5, 5.41) is 0. The molecule has 0 aliphatic heterocycles. The Morgan fingerprint density at radius 2 is 1.33 bits per heavy atom. The summed E-state index contributed by atoms with van der Waals surface area (Å²) in [6, 6.07) is 38.9. The van der Waals surface area contributed by atoms with E-state index in [0.29, 0.717) is 25.0 Å². The number of rotatable bonds is 13. The van der Waals surface area contributed by atoms with E-state index in [4.69, 9.17) is 23.7 Å². The van der Waals surface area contributed by atoms with Gasteiger partial charge in [-0.1, -0.05) is 109 Å². The Labute approximate surface area is 284 Å². The highest BCUT2D eigenvalue weighted by Gasteiger charge is 2.51. The average Bonchev–Trinajstić information content (AvgIpc) is 3.38. The van der Waals surface area contributed by atoms with E-state index >= 15 is 0 Å². The fourth-order valence-corrected chi connectivity index (χ4v) is 7.10. The van der Waals surface area contributed by atoms with Crippen molar-refractivity contribution in [3.8, 4) is 5.75 Å². The fraction of sp³-hybridized carbons (Fsp3) is 0.310. The first-order valence-electron chi connectivity index (χ1n) is 16.5. The van der Waals surface area contributed by atoms with Crippen molar-refractivity contribution in [2.75, 3.05) is 27.6 Å². The van der Waals surface area contributed by atoms with Crippen LogP contribution in [0.15, 0.2) is 138 Å². The molecule has 0 unspecified atom stereocenters. The lowest BCUT2D eigenvalue weighted by molar-refractivity contribution is -0.205. The maximum Gasteiger partial charge on any atom is 0.163 e. The topological polar surface area (TPSA) is 63.2 Å². The zero-order chi connectivity index (χ0) is 33.6. The van der Waals surface area contributed by atoms with Crippen LogP contribution in [0.25, 0.3) is 0 Å². The molecule has 48 heavy (non-hydrogen) atoms. The van der Waals surface area contributed by atoms with Gasteiger partial charge in [0.05, 0.1) is 20.3 Å². The Kier molecular flexibility index (Phi) is 10.4. The maximum absolute atomic E-state index is 13.3. The van der Waals surface area contributed by atoms with Gasteiger partial charge in [-0.15, -0.1) is 0 Å². The number of allylic oxidation sites excluding steroid dienone is 2. The number of methoxy groups -OCH3 is 2. The Morgan fingerprint density at radius 1 is 0.771 bits per heavy atom. The summed E-state index contributed by atoms with van der Waals surface area (Å²) >= 11 is 0. The molecule has 4 aromatic carbocycles. The third-order valence-corrected chi connectivity index (χ3v) is 9.77. The van der Waals surface area contributed by atoms with Crippen LogP contribution in [0.4, 0.5) is 0 Å². The number of hydrogen-bond acceptors (Lipinski definition) is 6. The molecular formula is C42H44O6. The molecule has 0 N–H and O–H groups in total. The Morgan fingerprint density at radius 3 is 1.85 bits per heavy atom. The highest BCUT2D eigenvalue weighted by molar-refractivity contribution is 6.02. The Balaban J connectivity index is 1.51. The third-order valence-electron chi connectivity index (χ3n) is 9.77. The number of ketones is 1. The summed E-state index contributed by atoms with van der Waals surface area (Å²) in [5.74, 6) is 0.894. The molecule has 0 spiro atoms. The number of ether oxygens (including phenoxy) is 5. The van der Waals surface area contributed by atoms with E-state index in [1.54, 1.807) is 14.2 Å². The molecule has 0 aromatic heterocycles. The molecule has 6 rings (SSSR count). The molecule has 0 heterocycles. The second-order valence-corrected chi connectivity index (χ2v) is 12.6. The maximum atomic E-state index is 13.3. The van der Waals surface area contributed by atoms with Crippen molar-refractivity contribution in [1.29, 1.82) is 0 Å². The number of hydrogen-bond donors (Lipinski definition) is 0. The second kappa shape index (κ2) is 14.8. The minimum Gasteiger partial charge on any atom is -0.497 e. The predicted molar refractivity (Wildman–Crippen MR) is 187 cm³/mol. The standard InChI is InChI=1S/C42H44O6/c1-30-24-25-41(47-27-32-20-22-36(45-4)23-21-32,40(46-29-44-3)39-31(2)38(43)26-37(30)39)28-48-42(33-14-8-5-9-15-33,34-16-10-6-11-17-34)35-18-12-7-13-19-35/h5-23,40H,24-29H2,1-4H3/t40-,41-/m0/s1. The van der Waals surface area contributed by atoms with Crippen LogP contribution in [0.2, 0.25) is 0 Å². The van der Waals surface area contributed by atoms with Crippen molar-refractivity contribution in [1.82, 2.24) is 0 Å². The first-order chi connectivity index (χ1) is 23.4. The first kappa shape index (κ1) is 33.6. The molecule has 6 nitrogen and oxygen atoms in total. The van der Waals surface area contributed by atoms with E-state index in [0.717, 1.165) is 45.6 Å². The fourth-order valence-electron chi connectivity index (χ4n) is 7.10. The normalized spacial score (nSPS) is 19.8. The Hall–Kier alpha value is -4.33. The monoisotopic (exact) mass is 644 g/mol. The smallest absolute Gasteiger partial charge is 0.163 e. The lowest BCUT2D eigenvalue weighted by Crippen LogP contribution is -2.53. The van der Waals surface area contributed by atoms with Gasteiger partial charge >= 0.3 is 0 Å². The van der Waals surface area contributed by atoms with Gasteiger partial charge in [0.15, 0.2) is 5.78 Å². The summed E-state index contributed by atoms with van der Waals surface area (Å²) < 4.78 is 32.2. The summed E-state index contributed by atoms with van der Waals surface area (Å²) in [5.41, 5.74) is 5.85. The number of benzene rings is 4. The van der Waals surface area contributed by atoms with Crippen LogP contribution < -0.4 is 4.74 Å². The van der Waals surface area contributed by atoms with Gasteiger partial charge in [0.25, 0.3) is 0 Å². The van der Waals surface area contributed by atoms with Gasteiger partial charge in [0.1, 0.15) is 29.8 Å². The third kappa shape index (κ3) is 6.54. The first-order valence-corrected chi connectivity index (χ1v) is 16.5. The van der Waals surface area contributed by atoms with Crippen molar-refractivity contribution >= 4 is 5.78 Å². The van der Waals surface area contributed by atoms with Crippen molar-refractivity contribution in [3.63, 3.8) is 0 Å². The zero-order valence-corrected chi connectivity index (χ0v) is 28.2. The largest absolute Gasteiger partial charge is 0.497 e. The van der Waals surface area contributed by atoms with Gasteiger partial charge in [0, 0.05) is 13.5 Å². The van der Waals surface area contributed by atoms with E-state index in [-0.39, 0.29) is 19.2 Å². The molecule has 0 saturated carbocycles. The van der Waals surface area contributed by atoms with Crippen LogP contribution in [0.1, 0.15) is 55.4 Å². The predicted octanol–water partition coefficient (Wildman–Crippen LogP) is 8.35. The van der Waals surface area contributed by atoms with Crippen LogP contribution >= 0.6 is 0 Å². The molecule has 4 aromatic rings. The molecule has 0 amide bonds. The minimum absolute atomic E-state index is 0.0385. The van der Waals surface area contributed by atoms with Crippen LogP contribution in [0.3, 0.4) is 0 Å². The molecule has 2 aliphatic rings. The van der Waals surface area contributed by atoms with Crippen molar-refractivity contribution in [2.45, 2.75) is 57.0 Å². The summed E-state index contributed by atoms with van der Waals surface area (Å²) in [7, 11) is 3.27. The number of fused-ring (bicyclic) bond motifs is 1. The molecule has 0 fully saturated rings. The Bertz CT molecular complexity index is 1650. The van der Waals surface area contributed by atoms with Crippen LogP contribution in [0, 0.1) is 0 Å². The summed E-state index contributed by atoms with van der Waals surface area (Å²) in [6.45, 7) is 4.54. The van der Waals surface area contributed by atoms with E-state index in [2.05, 4.69) is 43.3 Å². The van der Waals surface area contributed by atoms with Gasteiger partial charge in [-0.05, 0) is 77.8 Å².